The number of carbonyl (C=O) groups excluding carboxylic acids is 4. The third kappa shape index (κ3) is 13.4. The van der Waals surface area contributed by atoms with Crippen LogP contribution >= 0.6 is 0 Å². The largest absolute Gasteiger partial charge is 0.462 e. The highest BCUT2D eigenvalue weighted by Gasteiger charge is 2.32. The molecule has 244 valence electrons. The number of carbonyl (C=O) groups is 4. The molecule has 0 fully saturated rings. The highest BCUT2D eigenvalue weighted by molar-refractivity contribution is 5.86. The van der Waals surface area contributed by atoms with E-state index in [-0.39, 0.29) is 57.4 Å². The van der Waals surface area contributed by atoms with Crippen LogP contribution in [0.1, 0.15) is 51.2 Å². The van der Waals surface area contributed by atoms with Gasteiger partial charge in [-0.15, -0.1) is 13.2 Å². The second-order valence-electron chi connectivity index (χ2n) is 11.8. The summed E-state index contributed by atoms with van der Waals surface area (Å²) in [6.45, 7) is 13.2. The number of hydrogen-bond acceptors (Lipinski definition) is 7. The molecule has 0 spiro atoms. The van der Waals surface area contributed by atoms with Crippen molar-refractivity contribution in [3.05, 3.63) is 97.1 Å². The summed E-state index contributed by atoms with van der Waals surface area (Å²) in [6, 6.07) is 16.9. The third-order valence-corrected chi connectivity index (χ3v) is 7.13. The third-order valence-electron chi connectivity index (χ3n) is 7.13. The van der Waals surface area contributed by atoms with Gasteiger partial charge >= 0.3 is 12.1 Å². The van der Waals surface area contributed by atoms with Crippen LogP contribution in [0.4, 0.5) is 4.79 Å². The van der Waals surface area contributed by atoms with Crippen molar-refractivity contribution in [1.29, 1.82) is 0 Å². The topological polar surface area (TPSA) is 134 Å². The fraction of sp³-hybridized carbons (Fsp3) is 0.429. The molecule has 0 aliphatic carbocycles. The number of benzene rings is 2. The van der Waals surface area contributed by atoms with Gasteiger partial charge in [-0.2, -0.15) is 0 Å². The van der Waals surface area contributed by atoms with Gasteiger partial charge in [-0.25, -0.2) is 9.59 Å². The molecule has 0 saturated carbocycles. The molecule has 3 atom stereocenters. The number of amides is 3. The number of rotatable bonds is 18. The molecule has 0 heterocycles. The lowest BCUT2D eigenvalue weighted by molar-refractivity contribution is -0.148. The Morgan fingerprint density at radius 2 is 1.49 bits per heavy atom. The van der Waals surface area contributed by atoms with Crippen LogP contribution in [0, 0.1) is 11.3 Å². The van der Waals surface area contributed by atoms with Crippen molar-refractivity contribution >= 4 is 23.9 Å². The minimum atomic E-state index is -1.03. The van der Waals surface area contributed by atoms with Crippen molar-refractivity contribution in [2.75, 3.05) is 19.8 Å². The SMILES string of the molecule is C=CC[C@@H](CC(=O)N(CCO)Cc1ccccc1)C(=O)N[C@H](COC(=O)[C@@H](CC=C)NC(=O)OCc1ccccc1)C(C)(C)C. The second-order valence-corrected chi connectivity index (χ2v) is 11.8. The molecular weight excluding hydrogens is 574 g/mol. The summed E-state index contributed by atoms with van der Waals surface area (Å²) in [4.78, 5) is 53.6. The van der Waals surface area contributed by atoms with Gasteiger partial charge in [0.05, 0.1) is 18.6 Å². The predicted octanol–water partition coefficient (Wildman–Crippen LogP) is 4.54. The Morgan fingerprint density at radius 3 is 2.04 bits per heavy atom. The van der Waals surface area contributed by atoms with E-state index in [1.165, 1.54) is 11.0 Å². The summed E-state index contributed by atoms with van der Waals surface area (Å²) < 4.78 is 10.8. The molecule has 0 saturated heterocycles. The van der Waals surface area contributed by atoms with Crippen molar-refractivity contribution in [2.45, 2.75) is 65.3 Å². The van der Waals surface area contributed by atoms with Crippen LogP contribution in [0.15, 0.2) is 86.0 Å². The highest BCUT2D eigenvalue weighted by Crippen LogP contribution is 2.22. The van der Waals surface area contributed by atoms with E-state index in [9.17, 15) is 24.3 Å². The molecule has 0 aliphatic rings. The van der Waals surface area contributed by atoms with Crippen LogP contribution in [0.25, 0.3) is 0 Å². The van der Waals surface area contributed by atoms with Crippen LogP contribution in [-0.2, 0) is 37.0 Å². The fourth-order valence-electron chi connectivity index (χ4n) is 4.39. The molecule has 2 aromatic rings. The molecule has 2 aromatic carbocycles. The summed E-state index contributed by atoms with van der Waals surface area (Å²) in [6.07, 6.45) is 2.58. The normalized spacial score (nSPS) is 13.0. The van der Waals surface area contributed by atoms with E-state index >= 15 is 0 Å². The lowest BCUT2D eigenvalue weighted by atomic mass is 9.86. The average Bonchev–Trinajstić information content (AvgIpc) is 3.01. The van der Waals surface area contributed by atoms with E-state index in [0.29, 0.717) is 6.54 Å². The van der Waals surface area contributed by atoms with Gasteiger partial charge in [-0.05, 0) is 29.4 Å². The van der Waals surface area contributed by atoms with Crippen molar-refractivity contribution < 1.29 is 33.8 Å². The Bertz CT molecular complexity index is 1240. The van der Waals surface area contributed by atoms with Crippen LogP contribution in [-0.4, -0.2) is 65.7 Å². The fourth-order valence-corrected chi connectivity index (χ4v) is 4.39. The number of aliphatic hydroxyl groups excluding tert-OH is 1. The van der Waals surface area contributed by atoms with Crippen LogP contribution < -0.4 is 10.6 Å². The van der Waals surface area contributed by atoms with E-state index in [4.69, 9.17) is 9.47 Å². The van der Waals surface area contributed by atoms with Gasteiger partial charge in [0.1, 0.15) is 19.3 Å². The lowest BCUT2D eigenvalue weighted by Crippen LogP contribution is -2.50. The number of hydrogen-bond donors (Lipinski definition) is 3. The van der Waals surface area contributed by atoms with E-state index in [2.05, 4.69) is 23.8 Å². The molecule has 0 unspecified atom stereocenters. The molecule has 2 rings (SSSR count). The van der Waals surface area contributed by atoms with Crippen LogP contribution in [0.5, 0.6) is 0 Å². The van der Waals surface area contributed by atoms with Crippen molar-refractivity contribution in [1.82, 2.24) is 15.5 Å². The first kappa shape index (κ1) is 36.8. The van der Waals surface area contributed by atoms with Gasteiger partial charge in [0.25, 0.3) is 0 Å². The molecule has 3 N–H and O–H groups in total. The van der Waals surface area contributed by atoms with Gasteiger partial charge in [0.2, 0.25) is 11.8 Å². The summed E-state index contributed by atoms with van der Waals surface area (Å²) >= 11 is 0. The minimum Gasteiger partial charge on any atom is -0.462 e. The van der Waals surface area contributed by atoms with Gasteiger partial charge < -0.3 is 30.1 Å². The van der Waals surface area contributed by atoms with Gasteiger partial charge in [-0.1, -0.05) is 93.6 Å². The van der Waals surface area contributed by atoms with Gasteiger partial charge in [0, 0.05) is 19.5 Å². The summed E-state index contributed by atoms with van der Waals surface area (Å²) in [5, 5.41) is 15.0. The molecule has 10 nitrogen and oxygen atoms in total. The number of nitrogens with zero attached hydrogens (tertiary/aromatic N) is 1. The maximum absolute atomic E-state index is 13.5. The van der Waals surface area contributed by atoms with Gasteiger partial charge in [0.15, 0.2) is 0 Å². The van der Waals surface area contributed by atoms with Crippen LogP contribution in [0.3, 0.4) is 0 Å². The number of esters is 1. The first-order chi connectivity index (χ1) is 21.5. The maximum atomic E-state index is 13.5. The molecule has 10 heteroatoms. The van der Waals surface area contributed by atoms with Crippen molar-refractivity contribution in [3.8, 4) is 0 Å². The number of allylic oxidation sites excluding steroid dienone is 1. The van der Waals surface area contributed by atoms with Crippen molar-refractivity contribution in [2.24, 2.45) is 11.3 Å². The Morgan fingerprint density at radius 1 is 0.889 bits per heavy atom. The quantitative estimate of drug-likeness (QED) is 0.164. The molecule has 0 aliphatic heterocycles. The van der Waals surface area contributed by atoms with E-state index in [0.717, 1.165) is 11.1 Å². The number of aliphatic hydroxyl groups is 1. The molecule has 0 bridgehead atoms. The first-order valence-corrected chi connectivity index (χ1v) is 15.1. The average molecular weight is 622 g/mol. The molecule has 45 heavy (non-hydrogen) atoms. The Labute approximate surface area is 266 Å². The Balaban J connectivity index is 2.03. The Hall–Kier alpha value is -4.44. The molecule has 0 radical (unpaired) electrons. The smallest absolute Gasteiger partial charge is 0.408 e. The lowest BCUT2D eigenvalue weighted by Gasteiger charge is -2.33. The summed E-state index contributed by atoms with van der Waals surface area (Å²) in [5.41, 5.74) is 1.19. The number of nitrogens with one attached hydrogen (secondary N) is 2. The van der Waals surface area contributed by atoms with E-state index < -0.39 is 35.5 Å². The predicted molar refractivity (Wildman–Crippen MR) is 173 cm³/mol. The monoisotopic (exact) mass is 621 g/mol. The minimum absolute atomic E-state index is 0.0407. The second kappa shape index (κ2) is 19.1. The highest BCUT2D eigenvalue weighted by atomic mass is 16.6. The zero-order chi connectivity index (χ0) is 33.2. The molecule has 0 aromatic heterocycles. The summed E-state index contributed by atoms with van der Waals surface area (Å²) in [5.74, 6) is -2.07. The van der Waals surface area contributed by atoms with Crippen molar-refractivity contribution in [3.63, 3.8) is 0 Å². The molecular formula is C35H47N3O7. The van der Waals surface area contributed by atoms with Gasteiger partial charge in [-0.3, -0.25) is 9.59 Å². The van der Waals surface area contributed by atoms with E-state index in [1.54, 1.807) is 6.08 Å². The Kier molecular flexibility index (Phi) is 15.6. The van der Waals surface area contributed by atoms with E-state index in [1.807, 2.05) is 81.4 Å². The maximum Gasteiger partial charge on any atom is 0.408 e. The van der Waals surface area contributed by atoms with Crippen LogP contribution in [0.2, 0.25) is 0 Å². The molecule has 3 amide bonds. The standard InChI is InChI=1S/C35H47N3O7/c1-6-14-28(22-31(40)38(20-21-39)23-26-16-10-8-11-17-26)32(41)37-30(35(3,4)5)25-44-33(42)29(15-7-2)36-34(43)45-24-27-18-12-9-13-19-27/h6-13,16-19,28-30,39H,1-2,14-15,20-25H2,3-5H3,(H,36,43)(H,37,41)/t28-,29+,30+/m0/s1. The number of alkyl carbamates (subject to hydrolysis) is 1. The first-order valence-electron chi connectivity index (χ1n) is 15.1. The summed E-state index contributed by atoms with van der Waals surface area (Å²) in [7, 11) is 0. The zero-order valence-corrected chi connectivity index (χ0v) is 26.6. The zero-order valence-electron chi connectivity index (χ0n) is 26.6. The number of ether oxygens (including phenoxy) is 2.